The molecule has 0 saturated carbocycles. The molecule has 3 N–H and O–H groups in total. The number of furan rings is 1. The number of halogens is 2. The fourth-order valence-electron chi connectivity index (χ4n) is 3.50. The SMILES string of the molecule is NCc1cccc(-c2cc(COc3ccc(F)cc3CC(=O)O)cc3cc(F)oc23)c1. The van der Waals surface area contributed by atoms with Crippen LogP contribution >= 0.6 is 0 Å². The van der Waals surface area contributed by atoms with Crippen molar-refractivity contribution in [3.05, 3.63) is 89.2 Å². The van der Waals surface area contributed by atoms with Crippen LogP contribution in [0, 0.1) is 11.8 Å². The van der Waals surface area contributed by atoms with Crippen molar-refractivity contribution in [2.24, 2.45) is 5.73 Å². The smallest absolute Gasteiger partial charge is 0.307 e. The number of carbonyl (C=O) groups is 1. The monoisotopic (exact) mass is 423 g/mol. The Hall–Kier alpha value is -3.71. The Kier molecular flexibility index (Phi) is 5.68. The predicted octanol–water partition coefficient (Wildman–Crippen LogP) is 5.04. The molecule has 4 rings (SSSR count). The molecule has 0 atom stereocenters. The van der Waals surface area contributed by atoms with Crippen LogP contribution in [0.5, 0.6) is 5.75 Å². The Bertz CT molecular complexity index is 1270. The lowest BCUT2D eigenvalue weighted by atomic mass is 9.99. The van der Waals surface area contributed by atoms with Crippen LogP contribution in [0.4, 0.5) is 8.78 Å². The van der Waals surface area contributed by atoms with Gasteiger partial charge >= 0.3 is 5.97 Å². The quantitative estimate of drug-likeness (QED) is 0.435. The number of aliphatic carboxylic acids is 1. The van der Waals surface area contributed by atoms with Crippen molar-refractivity contribution in [3.8, 4) is 16.9 Å². The summed E-state index contributed by atoms with van der Waals surface area (Å²) in [5.41, 5.74) is 9.52. The van der Waals surface area contributed by atoms with Gasteiger partial charge in [-0.2, -0.15) is 4.39 Å². The number of nitrogens with two attached hydrogens (primary N) is 1. The second kappa shape index (κ2) is 8.57. The van der Waals surface area contributed by atoms with Crippen LogP contribution < -0.4 is 10.5 Å². The number of carboxylic acid groups (broad SMARTS) is 1. The molecule has 0 aliphatic heterocycles. The molecule has 4 aromatic rings. The minimum atomic E-state index is -1.09. The normalized spacial score (nSPS) is 11.1. The largest absolute Gasteiger partial charge is 0.489 e. The van der Waals surface area contributed by atoms with Crippen LogP contribution in [-0.4, -0.2) is 11.1 Å². The summed E-state index contributed by atoms with van der Waals surface area (Å²) in [6.45, 7) is 0.438. The van der Waals surface area contributed by atoms with Gasteiger partial charge in [-0.15, -0.1) is 0 Å². The number of hydrogen-bond donors (Lipinski definition) is 2. The molecular formula is C24H19F2NO4. The molecule has 1 heterocycles. The highest BCUT2D eigenvalue weighted by Gasteiger charge is 2.14. The fraction of sp³-hybridized carbons (Fsp3) is 0.125. The van der Waals surface area contributed by atoms with E-state index in [1.54, 1.807) is 6.07 Å². The molecule has 0 unspecified atom stereocenters. The lowest BCUT2D eigenvalue weighted by Gasteiger charge is -2.12. The molecular weight excluding hydrogens is 404 g/mol. The topological polar surface area (TPSA) is 85.7 Å². The van der Waals surface area contributed by atoms with E-state index in [4.69, 9.17) is 20.0 Å². The van der Waals surface area contributed by atoms with E-state index in [1.165, 1.54) is 18.2 Å². The summed E-state index contributed by atoms with van der Waals surface area (Å²) in [6, 6.07) is 15.4. The van der Waals surface area contributed by atoms with Crippen molar-refractivity contribution in [3.63, 3.8) is 0 Å². The molecule has 0 aliphatic carbocycles. The molecule has 0 amide bonds. The van der Waals surface area contributed by atoms with E-state index in [0.717, 1.165) is 17.2 Å². The molecule has 0 saturated heterocycles. The van der Waals surface area contributed by atoms with Gasteiger partial charge < -0.3 is 20.0 Å². The molecule has 0 bridgehead atoms. The highest BCUT2D eigenvalue weighted by molar-refractivity contribution is 5.93. The fourth-order valence-corrected chi connectivity index (χ4v) is 3.50. The summed E-state index contributed by atoms with van der Waals surface area (Å²) in [5, 5.41) is 9.63. The van der Waals surface area contributed by atoms with Gasteiger partial charge in [0, 0.05) is 29.1 Å². The third kappa shape index (κ3) is 4.57. The maximum atomic E-state index is 13.8. The van der Waals surface area contributed by atoms with Gasteiger partial charge in [-0.3, -0.25) is 4.79 Å². The van der Waals surface area contributed by atoms with E-state index in [2.05, 4.69) is 0 Å². The van der Waals surface area contributed by atoms with Crippen LogP contribution in [-0.2, 0) is 24.4 Å². The van der Waals surface area contributed by atoms with Crippen molar-refractivity contribution in [2.45, 2.75) is 19.6 Å². The van der Waals surface area contributed by atoms with Gasteiger partial charge in [0.25, 0.3) is 6.01 Å². The van der Waals surface area contributed by atoms with Crippen molar-refractivity contribution in [1.82, 2.24) is 0 Å². The second-order valence-corrected chi connectivity index (χ2v) is 7.13. The minimum Gasteiger partial charge on any atom is -0.489 e. The van der Waals surface area contributed by atoms with Crippen molar-refractivity contribution < 1.29 is 27.8 Å². The first-order valence-corrected chi connectivity index (χ1v) is 9.57. The van der Waals surface area contributed by atoms with Crippen molar-refractivity contribution in [2.75, 3.05) is 0 Å². The van der Waals surface area contributed by atoms with Crippen LogP contribution in [0.3, 0.4) is 0 Å². The van der Waals surface area contributed by atoms with Crippen LogP contribution in [0.25, 0.3) is 22.1 Å². The van der Waals surface area contributed by atoms with Gasteiger partial charge in [-0.05, 0) is 53.1 Å². The zero-order chi connectivity index (χ0) is 22.0. The zero-order valence-corrected chi connectivity index (χ0v) is 16.4. The molecule has 3 aromatic carbocycles. The Morgan fingerprint density at radius 3 is 2.65 bits per heavy atom. The van der Waals surface area contributed by atoms with E-state index in [-0.39, 0.29) is 24.3 Å². The lowest BCUT2D eigenvalue weighted by Crippen LogP contribution is -2.05. The van der Waals surface area contributed by atoms with Gasteiger partial charge in [0.2, 0.25) is 0 Å². The van der Waals surface area contributed by atoms with Gasteiger partial charge in [0.05, 0.1) is 6.42 Å². The van der Waals surface area contributed by atoms with Crippen molar-refractivity contribution >= 4 is 16.9 Å². The molecule has 7 heteroatoms. The molecule has 0 aliphatic rings. The van der Waals surface area contributed by atoms with E-state index >= 15 is 0 Å². The van der Waals surface area contributed by atoms with E-state index in [9.17, 15) is 13.6 Å². The maximum absolute atomic E-state index is 13.8. The number of benzene rings is 3. The summed E-state index contributed by atoms with van der Waals surface area (Å²) < 4.78 is 38.5. The molecule has 0 radical (unpaired) electrons. The van der Waals surface area contributed by atoms with E-state index in [1.807, 2.05) is 30.3 Å². The molecule has 0 spiro atoms. The highest BCUT2D eigenvalue weighted by Crippen LogP contribution is 2.33. The highest BCUT2D eigenvalue weighted by atomic mass is 19.1. The molecule has 5 nitrogen and oxygen atoms in total. The van der Waals surface area contributed by atoms with E-state index in [0.29, 0.717) is 28.6 Å². The number of rotatable bonds is 7. The van der Waals surface area contributed by atoms with Gasteiger partial charge in [-0.25, -0.2) is 4.39 Å². The summed E-state index contributed by atoms with van der Waals surface area (Å²) in [5.74, 6) is -1.36. The number of fused-ring (bicyclic) bond motifs is 1. The van der Waals surface area contributed by atoms with Crippen molar-refractivity contribution in [1.29, 1.82) is 0 Å². The Labute approximate surface area is 176 Å². The molecule has 0 fully saturated rings. The summed E-state index contributed by atoms with van der Waals surface area (Å²) in [4.78, 5) is 11.1. The van der Waals surface area contributed by atoms with Gasteiger partial charge in [0.1, 0.15) is 23.8 Å². The van der Waals surface area contributed by atoms with Gasteiger partial charge in [-0.1, -0.05) is 18.2 Å². The van der Waals surface area contributed by atoms with Gasteiger partial charge in [0.15, 0.2) is 0 Å². The Balaban J connectivity index is 1.70. The number of hydrogen-bond acceptors (Lipinski definition) is 4. The molecule has 1 aromatic heterocycles. The van der Waals surface area contributed by atoms with E-state index < -0.39 is 17.8 Å². The summed E-state index contributed by atoms with van der Waals surface area (Å²) >= 11 is 0. The zero-order valence-electron chi connectivity index (χ0n) is 16.4. The predicted molar refractivity (Wildman–Crippen MR) is 112 cm³/mol. The average molecular weight is 423 g/mol. The minimum absolute atomic E-state index is 0.0740. The molecule has 158 valence electrons. The third-order valence-electron chi connectivity index (χ3n) is 4.88. The summed E-state index contributed by atoms with van der Waals surface area (Å²) in [7, 11) is 0. The maximum Gasteiger partial charge on any atom is 0.307 e. The third-order valence-corrected chi connectivity index (χ3v) is 4.88. The average Bonchev–Trinajstić information content (AvgIpc) is 3.12. The van der Waals surface area contributed by atoms with Crippen LogP contribution in [0.15, 0.2) is 65.1 Å². The second-order valence-electron chi connectivity index (χ2n) is 7.13. The summed E-state index contributed by atoms with van der Waals surface area (Å²) in [6.07, 6.45) is -0.365. The standard InChI is InChI=1S/C24H19F2NO4/c25-19-4-5-21(17(9-19)11-23(28)29)30-13-15-7-18-10-22(26)31-24(18)20(8-15)16-3-1-2-14(6-16)12-27/h1-10H,11-13,27H2,(H,28,29). The number of ether oxygens (including phenoxy) is 1. The first-order chi connectivity index (χ1) is 14.9. The van der Waals surface area contributed by atoms with Crippen LogP contribution in [0.1, 0.15) is 16.7 Å². The Morgan fingerprint density at radius 1 is 1.03 bits per heavy atom. The Morgan fingerprint density at radius 2 is 1.87 bits per heavy atom. The first kappa shape index (κ1) is 20.6. The van der Waals surface area contributed by atoms with Crippen LogP contribution in [0.2, 0.25) is 0 Å². The number of carboxylic acids is 1. The lowest BCUT2D eigenvalue weighted by molar-refractivity contribution is -0.136. The first-order valence-electron chi connectivity index (χ1n) is 9.57. The molecule has 31 heavy (non-hydrogen) atoms.